The predicted molar refractivity (Wildman–Crippen MR) is 72.7 cm³/mol. The van der Waals surface area contributed by atoms with Crippen molar-refractivity contribution in [2.45, 2.75) is 35.1 Å². The van der Waals surface area contributed by atoms with Gasteiger partial charge < -0.3 is 0 Å². The van der Waals surface area contributed by atoms with E-state index in [1.807, 2.05) is 0 Å². The summed E-state index contributed by atoms with van der Waals surface area (Å²) in [5.74, 6) is -11.5. The lowest BCUT2D eigenvalue weighted by atomic mass is 10.1. The van der Waals surface area contributed by atoms with E-state index in [9.17, 15) is 34.8 Å². The molecule has 0 aliphatic heterocycles. The molecule has 2 rings (SSSR count). The molecule has 0 bridgehead atoms. The fourth-order valence-corrected chi connectivity index (χ4v) is 3.29. The Hall–Kier alpha value is -1.82. The number of rotatable bonds is 5. The molecule has 25 heavy (non-hydrogen) atoms. The van der Waals surface area contributed by atoms with E-state index in [1.165, 1.54) is 12.1 Å². The van der Waals surface area contributed by atoms with Crippen LogP contribution in [0.3, 0.4) is 0 Å². The van der Waals surface area contributed by atoms with Crippen LogP contribution in [-0.2, 0) is 15.8 Å². The molecule has 0 saturated carbocycles. The van der Waals surface area contributed by atoms with Crippen molar-refractivity contribution in [2.75, 3.05) is 0 Å². The van der Waals surface area contributed by atoms with Gasteiger partial charge in [0, 0.05) is 0 Å². The van der Waals surface area contributed by atoms with Gasteiger partial charge in [-0.25, -0.2) is 17.2 Å². The molecule has 2 aromatic rings. The molecule has 0 atom stereocenters. The molecule has 1 heterocycles. The first-order valence-corrected chi connectivity index (χ1v) is 8.13. The SMILES string of the molecule is Cc1ccc(S(=O)(=O)c2nn(Cl)nc2C(F)(F)C(F)(F)C(F)F)cc1. The van der Waals surface area contributed by atoms with E-state index < -0.39 is 43.7 Å². The largest absolute Gasteiger partial charge is 0.375 e. The molecule has 0 spiro atoms. The van der Waals surface area contributed by atoms with E-state index in [-0.39, 0.29) is 4.32 Å². The second-order valence-electron chi connectivity index (χ2n) is 4.91. The number of nitrogens with zero attached hydrogens (tertiary/aromatic N) is 3. The number of hydrogen-bond acceptors (Lipinski definition) is 4. The summed E-state index contributed by atoms with van der Waals surface area (Å²) in [4.78, 5) is -0.576. The molecule has 1 aromatic heterocycles. The van der Waals surface area contributed by atoms with Crippen molar-refractivity contribution in [3.05, 3.63) is 35.5 Å². The first-order chi connectivity index (χ1) is 11.3. The highest BCUT2D eigenvalue weighted by molar-refractivity contribution is 7.91. The van der Waals surface area contributed by atoms with Crippen molar-refractivity contribution in [2.24, 2.45) is 0 Å². The second kappa shape index (κ2) is 6.16. The summed E-state index contributed by atoms with van der Waals surface area (Å²) in [6, 6.07) is 4.63. The summed E-state index contributed by atoms with van der Waals surface area (Å²) >= 11 is 5.18. The van der Waals surface area contributed by atoms with E-state index in [1.54, 1.807) is 6.92 Å². The lowest BCUT2D eigenvalue weighted by Gasteiger charge is -2.24. The maximum atomic E-state index is 13.9. The van der Waals surface area contributed by atoms with Gasteiger partial charge >= 0.3 is 18.3 Å². The Balaban J connectivity index is 2.68. The van der Waals surface area contributed by atoms with E-state index >= 15 is 0 Å². The van der Waals surface area contributed by atoms with Gasteiger partial charge in [0.25, 0.3) is 0 Å². The van der Waals surface area contributed by atoms with Crippen LogP contribution >= 0.6 is 11.8 Å². The maximum Gasteiger partial charge on any atom is 0.375 e. The van der Waals surface area contributed by atoms with Crippen LogP contribution in [0.15, 0.2) is 34.2 Å². The maximum absolute atomic E-state index is 13.9. The molecule has 0 saturated heterocycles. The third-order valence-electron chi connectivity index (χ3n) is 3.13. The standard InChI is InChI=1S/C12H8ClF6N3O2S/c1-6-2-4-7(5-3-6)25(23,24)9-8(20-22(13)21-9)11(16,17)12(18,19)10(14)15/h2-5,10H,1H3. The number of benzene rings is 1. The molecule has 0 aliphatic carbocycles. The van der Waals surface area contributed by atoms with Gasteiger partial charge in [0.1, 0.15) is 0 Å². The average molecular weight is 408 g/mol. The number of aromatic nitrogens is 3. The zero-order valence-electron chi connectivity index (χ0n) is 12.1. The van der Waals surface area contributed by atoms with Crippen molar-refractivity contribution < 1.29 is 34.8 Å². The first kappa shape index (κ1) is 19.5. The Labute approximate surface area is 142 Å². The molecular weight excluding hydrogens is 400 g/mol. The van der Waals surface area contributed by atoms with Crippen molar-refractivity contribution in [1.82, 2.24) is 14.5 Å². The molecule has 0 N–H and O–H groups in total. The lowest BCUT2D eigenvalue weighted by Crippen LogP contribution is -2.45. The predicted octanol–water partition coefficient (Wildman–Crippen LogP) is 3.41. The topological polar surface area (TPSA) is 64.8 Å². The Morgan fingerprint density at radius 1 is 1.08 bits per heavy atom. The van der Waals surface area contributed by atoms with Crippen LogP contribution in [0.1, 0.15) is 11.3 Å². The summed E-state index contributed by atoms with van der Waals surface area (Å²) in [6.07, 6.45) is -4.78. The number of aryl methyl sites for hydroxylation is 1. The molecule has 5 nitrogen and oxygen atoms in total. The molecule has 0 fully saturated rings. The Kier molecular flexibility index (Phi) is 4.81. The second-order valence-corrected chi connectivity index (χ2v) is 7.08. The van der Waals surface area contributed by atoms with Crippen molar-refractivity contribution in [3.8, 4) is 0 Å². The zero-order chi connectivity index (χ0) is 19.2. The van der Waals surface area contributed by atoms with Crippen LogP contribution in [-0.4, -0.2) is 35.3 Å². The Bertz CT molecular complexity index is 883. The summed E-state index contributed by atoms with van der Waals surface area (Å²) in [6.45, 7) is 1.61. The minimum atomic E-state index is -5.89. The average Bonchev–Trinajstić information content (AvgIpc) is 2.91. The van der Waals surface area contributed by atoms with Gasteiger partial charge in [0.15, 0.2) is 5.69 Å². The van der Waals surface area contributed by atoms with Crippen LogP contribution < -0.4 is 0 Å². The van der Waals surface area contributed by atoms with Gasteiger partial charge in [-0.3, -0.25) is 0 Å². The number of sulfone groups is 1. The molecular formula is C12H8ClF6N3O2S. The van der Waals surface area contributed by atoms with Crippen LogP contribution in [0.5, 0.6) is 0 Å². The fourth-order valence-electron chi connectivity index (χ4n) is 1.77. The van der Waals surface area contributed by atoms with E-state index in [4.69, 9.17) is 11.8 Å². The smallest absolute Gasteiger partial charge is 0.217 e. The van der Waals surface area contributed by atoms with Gasteiger partial charge in [-0.1, -0.05) is 22.0 Å². The van der Waals surface area contributed by atoms with Crippen LogP contribution in [0, 0.1) is 6.92 Å². The van der Waals surface area contributed by atoms with Crippen LogP contribution in [0.4, 0.5) is 26.3 Å². The third kappa shape index (κ3) is 3.19. The van der Waals surface area contributed by atoms with E-state index in [0.717, 1.165) is 12.1 Å². The fraction of sp³-hybridized carbons (Fsp3) is 0.333. The van der Waals surface area contributed by atoms with Gasteiger partial charge in [0.2, 0.25) is 14.9 Å². The third-order valence-corrected chi connectivity index (χ3v) is 4.96. The molecule has 0 radical (unpaired) electrons. The van der Waals surface area contributed by atoms with Gasteiger partial charge in [-0.05, 0) is 19.1 Å². The highest BCUT2D eigenvalue weighted by Gasteiger charge is 2.67. The van der Waals surface area contributed by atoms with Crippen molar-refractivity contribution in [1.29, 1.82) is 0 Å². The van der Waals surface area contributed by atoms with Crippen LogP contribution in [0.25, 0.3) is 0 Å². The molecule has 13 heteroatoms. The van der Waals surface area contributed by atoms with Crippen molar-refractivity contribution in [3.63, 3.8) is 0 Å². The Morgan fingerprint density at radius 3 is 2.08 bits per heavy atom. The zero-order valence-corrected chi connectivity index (χ0v) is 13.7. The van der Waals surface area contributed by atoms with Gasteiger partial charge in [-0.2, -0.15) is 17.6 Å². The molecule has 138 valence electrons. The van der Waals surface area contributed by atoms with Gasteiger partial charge in [-0.15, -0.1) is 10.2 Å². The van der Waals surface area contributed by atoms with E-state index in [0.29, 0.717) is 5.56 Å². The summed E-state index contributed by atoms with van der Waals surface area (Å²) < 4.78 is 103. The molecule has 1 aromatic carbocycles. The summed E-state index contributed by atoms with van der Waals surface area (Å²) in [7, 11) is -4.87. The normalized spacial score (nSPS) is 13.5. The highest BCUT2D eigenvalue weighted by atomic mass is 35.5. The first-order valence-electron chi connectivity index (χ1n) is 6.31. The van der Waals surface area contributed by atoms with Crippen molar-refractivity contribution >= 4 is 21.6 Å². The van der Waals surface area contributed by atoms with E-state index in [2.05, 4.69) is 10.2 Å². The lowest BCUT2D eigenvalue weighted by molar-refractivity contribution is -0.273. The monoisotopic (exact) mass is 407 g/mol. The van der Waals surface area contributed by atoms with Crippen LogP contribution in [0.2, 0.25) is 0 Å². The molecule has 0 unspecified atom stereocenters. The molecule has 0 amide bonds. The Morgan fingerprint density at radius 2 is 1.60 bits per heavy atom. The highest BCUT2D eigenvalue weighted by Crippen LogP contribution is 2.47. The summed E-state index contributed by atoms with van der Waals surface area (Å²) in [5, 5.41) is 3.97. The number of halogens is 7. The minimum absolute atomic E-state index is 0.230. The number of alkyl halides is 6. The summed E-state index contributed by atoms with van der Waals surface area (Å²) in [5.41, 5.74) is -1.55. The number of hydrogen-bond donors (Lipinski definition) is 0. The minimum Gasteiger partial charge on any atom is -0.217 e. The molecule has 0 aliphatic rings. The quantitative estimate of drug-likeness (QED) is 0.712. The van der Waals surface area contributed by atoms with Gasteiger partial charge in [0.05, 0.1) is 16.7 Å².